The molecule has 0 saturated carbocycles. The fourth-order valence-electron chi connectivity index (χ4n) is 2.08. The van der Waals surface area contributed by atoms with Gasteiger partial charge in [-0.05, 0) is 61.9 Å². The van der Waals surface area contributed by atoms with Gasteiger partial charge in [0.2, 0.25) is 5.91 Å². The van der Waals surface area contributed by atoms with Crippen molar-refractivity contribution in [1.29, 1.82) is 0 Å². The zero-order chi connectivity index (χ0) is 17.5. The van der Waals surface area contributed by atoms with Gasteiger partial charge in [0.25, 0.3) is 0 Å². The summed E-state index contributed by atoms with van der Waals surface area (Å²) in [4.78, 5) is 23.6. The van der Waals surface area contributed by atoms with Crippen LogP contribution < -0.4 is 10.6 Å². The lowest BCUT2D eigenvalue weighted by molar-refractivity contribution is -0.114. The summed E-state index contributed by atoms with van der Waals surface area (Å²) in [7, 11) is 0. The Kier molecular flexibility index (Phi) is 6.21. The molecular formula is C18H19ClN2O3. The lowest BCUT2D eigenvalue weighted by Gasteiger charge is -2.10. The van der Waals surface area contributed by atoms with Gasteiger partial charge >= 0.3 is 5.97 Å². The monoisotopic (exact) mass is 346 g/mol. The van der Waals surface area contributed by atoms with Crippen LogP contribution in [0.2, 0.25) is 5.02 Å². The van der Waals surface area contributed by atoms with Crippen LogP contribution in [0.4, 0.5) is 11.4 Å². The van der Waals surface area contributed by atoms with Crippen molar-refractivity contribution in [3.63, 3.8) is 0 Å². The smallest absolute Gasteiger partial charge is 0.338 e. The topological polar surface area (TPSA) is 67.4 Å². The van der Waals surface area contributed by atoms with Crippen molar-refractivity contribution in [3.8, 4) is 0 Å². The molecule has 0 aromatic heterocycles. The lowest BCUT2D eigenvalue weighted by atomic mass is 10.2. The molecule has 0 aliphatic carbocycles. The van der Waals surface area contributed by atoms with Gasteiger partial charge in [-0.25, -0.2) is 4.79 Å². The third-order valence-electron chi connectivity index (χ3n) is 3.31. The first-order valence-corrected chi connectivity index (χ1v) is 7.94. The molecule has 0 heterocycles. The minimum Gasteiger partial charge on any atom is -0.462 e. The minimum absolute atomic E-state index is 0.112. The quantitative estimate of drug-likeness (QED) is 0.779. The van der Waals surface area contributed by atoms with E-state index in [4.69, 9.17) is 16.3 Å². The van der Waals surface area contributed by atoms with Crippen molar-refractivity contribution in [3.05, 3.63) is 58.6 Å². The highest BCUT2D eigenvalue weighted by Crippen LogP contribution is 2.19. The summed E-state index contributed by atoms with van der Waals surface area (Å²) in [5.74, 6) is -0.533. The Morgan fingerprint density at radius 3 is 2.46 bits per heavy atom. The first kappa shape index (κ1) is 17.8. The van der Waals surface area contributed by atoms with Crippen LogP contribution in [0.3, 0.4) is 0 Å². The van der Waals surface area contributed by atoms with Gasteiger partial charge in [-0.1, -0.05) is 11.6 Å². The number of nitrogens with one attached hydrogen (secondary N) is 2. The molecule has 0 unspecified atom stereocenters. The molecule has 0 saturated heterocycles. The molecule has 2 aromatic carbocycles. The summed E-state index contributed by atoms with van der Waals surface area (Å²) in [6, 6.07) is 12.1. The molecule has 0 aliphatic rings. The Hall–Kier alpha value is -2.53. The largest absolute Gasteiger partial charge is 0.462 e. The Morgan fingerprint density at radius 2 is 1.83 bits per heavy atom. The van der Waals surface area contributed by atoms with Crippen LogP contribution in [0.5, 0.6) is 0 Å². The van der Waals surface area contributed by atoms with Gasteiger partial charge in [0.15, 0.2) is 0 Å². The normalized spacial score (nSPS) is 10.1. The molecule has 1 amide bonds. The highest BCUT2D eigenvalue weighted by atomic mass is 35.5. The second-order valence-electron chi connectivity index (χ2n) is 5.16. The number of ether oxygens (including phenoxy) is 1. The molecule has 126 valence electrons. The number of esters is 1. The first-order valence-electron chi connectivity index (χ1n) is 7.56. The molecule has 0 fully saturated rings. The van der Waals surface area contributed by atoms with Crippen LogP contribution in [0, 0.1) is 6.92 Å². The number of aryl methyl sites for hydroxylation is 1. The van der Waals surface area contributed by atoms with Crippen molar-refractivity contribution in [2.75, 3.05) is 23.8 Å². The van der Waals surface area contributed by atoms with Gasteiger partial charge in [0, 0.05) is 16.4 Å². The lowest BCUT2D eigenvalue weighted by Crippen LogP contribution is -2.22. The maximum Gasteiger partial charge on any atom is 0.338 e. The third-order valence-corrected chi connectivity index (χ3v) is 3.55. The number of carbonyl (C=O) groups is 2. The third kappa shape index (κ3) is 4.99. The summed E-state index contributed by atoms with van der Waals surface area (Å²) < 4.78 is 4.92. The summed E-state index contributed by atoms with van der Waals surface area (Å²) in [6.45, 7) is 4.09. The maximum absolute atomic E-state index is 12.0. The van der Waals surface area contributed by atoms with Gasteiger partial charge in [-0.15, -0.1) is 0 Å². The Balaban J connectivity index is 1.88. The Labute approximate surface area is 146 Å². The summed E-state index contributed by atoms with van der Waals surface area (Å²) in [6.07, 6.45) is 0. The minimum atomic E-state index is -0.361. The van der Waals surface area contributed by atoms with E-state index in [1.165, 1.54) is 0 Å². The van der Waals surface area contributed by atoms with Crippen LogP contribution >= 0.6 is 11.6 Å². The molecule has 24 heavy (non-hydrogen) atoms. The van der Waals surface area contributed by atoms with E-state index in [2.05, 4.69) is 10.6 Å². The predicted octanol–water partition coefficient (Wildman–Crippen LogP) is 3.88. The molecule has 0 bridgehead atoms. The van der Waals surface area contributed by atoms with E-state index in [0.29, 0.717) is 17.2 Å². The number of hydrogen-bond acceptors (Lipinski definition) is 4. The van der Waals surface area contributed by atoms with Gasteiger partial charge in [-0.3, -0.25) is 4.79 Å². The van der Waals surface area contributed by atoms with Crippen LogP contribution in [-0.4, -0.2) is 25.0 Å². The zero-order valence-corrected chi connectivity index (χ0v) is 14.3. The summed E-state index contributed by atoms with van der Waals surface area (Å²) >= 11 is 5.89. The fourth-order valence-corrected chi connectivity index (χ4v) is 2.31. The van der Waals surface area contributed by atoms with Crippen molar-refractivity contribution in [2.45, 2.75) is 13.8 Å². The van der Waals surface area contributed by atoms with E-state index >= 15 is 0 Å². The Morgan fingerprint density at radius 1 is 1.12 bits per heavy atom. The number of carbonyl (C=O) groups excluding carboxylic acids is 2. The van der Waals surface area contributed by atoms with Crippen molar-refractivity contribution < 1.29 is 14.3 Å². The van der Waals surface area contributed by atoms with Gasteiger partial charge in [0.1, 0.15) is 0 Å². The summed E-state index contributed by atoms with van der Waals surface area (Å²) in [5.41, 5.74) is 2.84. The second-order valence-corrected chi connectivity index (χ2v) is 5.60. The van der Waals surface area contributed by atoms with Crippen LogP contribution in [0.15, 0.2) is 42.5 Å². The van der Waals surface area contributed by atoms with E-state index in [9.17, 15) is 9.59 Å². The standard InChI is InChI=1S/C18H19ClN2O3/c1-3-24-18(23)13-4-7-15(8-5-13)20-11-17(22)21-16-9-6-14(19)10-12(16)2/h4-10,20H,3,11H2,1-2H3,(H,21,22). The van der Waals surface area contributed by atoms with Crippen LogP contribution in [0.25, 0.3) is 0 Å². The SMILES string of the molecule is CCOC(=O)c1ccc(NCC(=O)Nc2ccc(Cl)cc2C)cc1. The number of benzene rings is 2. The number of hydrogen-bond donors (Lipinski definition) is 2. The van der Waals surface area contributed by atoms with Crippen molar-refractivity contribution in [1.82, 2.24) is 0 Å². The fraction of sp³-hybridized carbons (Fsp3) is 0.222. The van der Waals surface area contributed by atoms with E-state index in [-0.39, 0.29) is 18.4 Å². The highest BCUT2D eigenvalue weighted by molar-refractivity contribution is 6.30. The number of amides is 1. The second kappa shape index (κ2) is 8.36. The van der Waals surface area contributed by atoms with Crippen LogP contribution in [-0.2, 0) is 9.53 Å². The Bertz CT molecular complexity index is 730. The van der Waals surface area contributed by atoms with Crippen molar-refractivity contribution >= 4 is 34.9 Å². The molecule has 5 nitrogen and oxygen atoms in total. The molecule has 0 spiro atoms. The zero-order valence-electron chi connectivity index (χ0n) is 13.6. The molecule has 2 rings (SSSR count). The van der Waals surface area contributed by atoms with Gasteiger partial charge < -0.3 is 15.4 Å². The first-order chi connectivity index (χ1) is 11.5. The van der Waals surface area contributed by atoms with E-state index in [0.717, 1.165) is 16.9 Å². The average molecular weight is 347 g/mol. The number of rotatable bonds is 6. The molecule has 0 atom stereocenters. The molecule has 0 radical (unpaired) electrons. The number of halogens is 1. The van der Waals surface area contributed by atoms with Crippen LogP contribution in [0.1, 0.15) is 22.8 Å². The van der Waals surface area contributed by atoms with Gasteiger partial charge in [0.05, 0.1) is 18.7 Å². The van der Waals surface area contributed by atoms with E-state index < -0.39 is 0 Å². The van der Waals surface area contributed by atoms with E-state index in [1.54, 1.807) is 49.4 Å². The predicted molar refractivity (Wildman–Crippen MR) is 95.7 cm³/mol. The van der Waals surface area contributed by atoms with Gasteiger partial charge in [-0.2, -0.15) is 0 Å². The highest BCUT2D eigenvalue weighted by Gasteiger charge is 2.07. The molecule has 2 aromatic rings. The number of anilines is 2. The molecule has 6 heteroatoms. The maximum atomic E-state index is 12.0. The van der Waals surface area contributed by atoms with E-state index in [1.807, 2.05) is 6.92 Å². The summed E-state index contributed by atoms with van der Waals surface area (Å²) in [5, 5.41) is 6.45. The molecule has 0 aliphatic heterocycles. The average Bonchev–Trinajstić information content (AvgIpc) is 2.56. The molecular weight excluding hydrogens is 328 g/mol. The van der Waals surface area contributed by atoms with Crippen molar-refractivity contribution in [2.24, 2.45) is 0 Å². The molecule has 2 N–H and O–H groups in total.